The van der Waals surface area contributed by atoms with Gasteiger partial charge in [0.25, 0.3) is 5.91 Å². The lowest BCUT2D eigenvalue weighted by Gasteiger charge is -2.17. The summed E-state index contributed by atoms with van der Waals surface area (Å²) < 4.78 is 19.2. The van der Waals surface area contributed by atoms with Crippen LogP contribution in [0.3, 0.4) is 0 Å². The van der Waals surface area contributed by atoms with Crippen LogP contribution in [0.1, 0.15) is 25.8 Å². The number of amides is 1. The number of para-hydroxylation sites is 1. The average Bonchev–Trinajstić information content (AvgIpc) is 2.41. The molecule has 1 atom stereocenters. The number of hydrogen-bond acceptors (Lipinski definition) is 3. The van der Waals surface area contributed by atoms with Gasteiger partial charge >= 0.3 is 0 Å². The summed E-state index contributed by atoms with van der Waals surface area (Å²) in [4.78, 5) is 11.4. The van der Waals surface area contributed by atoms with E-state index in [0.29, 0.717) is 12.1 Å². The van der Waals surface area contributed by atoms with Crippen molar-refractivity contribution in [1.82, 2.24) is 10.6 Å². The van der Waals surface area contributed by atoms with Crippen molar-refractivity contribution in [3.63, 3.8) is 0 Å². The zero-order valence-electron chi connectivity index (χ0n) is 11.6. The molecule has 0 fully saturated rings. The fraction of sp³-hybridized carbons (Fsp3) is 0.500. The average molecular weight is 268 g/mol. The Labute approximate surface area is 113 Å². The van der Waals surface area contributed by atoms with Crippen molar-refractivity contribution < 1.29 is 13.9 Å². The van der Waals surface area contributed by atoms with E-state index in [1.807, 2.05) is 0 Å². The van der Waals surface area contributed by atoms with Gasteiger partial charge in [-0.3, -0.25) is 4.79 Å². The number of halogens is 1. The van der Waals surface area contributed by atoms with E-state index in [4.69, 9.17) is 4.74 Å². The van der Waals surface area contributed by atoms with Gasteiger partial charge in [0.2, 0.25) is 0 Å². The molecule has 0 saturated carbocycles. The Hall–Kier alpha value is -1.62. The maximum Gasteiger partial charge on any atom is 0.260 e. The molecule has 0 aliphatic rings. The Balaban J connectivity index is 2.82. The Morgan fingerprint density at radius 2 is 2.21 bits per heavy atom. The minimum atomic E-state index is -0.730. The highest BCUT2D eigenvalue weighted by atomic mass is 19.1. The number of likely N-dealkylation sites (N-methyl/N-ethyl adjacent to an activating group) is 1. The van der Waals surface area contributed by atoms with Gasteiger partial charge in [-0.2, -0.15) is 0 Å². The van der Waals surface area contributed by atoms with Crippen LogP contribution in [0, 0.1) is 5.82 Å². The van der Waals surface area contributed by atoms with Crippen LogP contribution in [0.4, 0.5) is 4.39 Å². The number of rotatable bonds is 7. The number of ether oxygens (including phenoxy) is 1. The fourth-order valence-corrected chi connectivity index (χ4v) is 1.66. The molecule has 2 N–H and O–H groups in total. The molecule has 0 bridgehead atoms. The van der Waals surface area contributed by atoms with Crippen molar-refractivity contribution >= 4 is 5.91 Å². The third-order valence-electron chi connectivity index (χ3n) is 2.70. The highest BCUT2D eigenvalue weighted by Gasteiger charge is 2.17. The Kier molecular flexibility index (Phi) is 6.29. The zero-order chi connectivity index (χ0) is 14.3. The molecule has 0 saturated heterocycles. The summed E-state index contributed by atoms with van der Waals surface area (Å²) >= 11 is 0. The molecule has 1 aromatic carbocycles. The van der Waals surface area contributed by atoms with Crippen LogP contribution < -0.4 is 15.4 Å². The SMILES string of the molecule is CCCNCc1cccc(F)c1OC(C)C(=O)NC. The van der Waals surface area contributed by atoms with Gasteiger partial charge in [-0.1, -0.05) is 19.1 Å². The van der Waals surface area contributed by atoms with E-state index >= 15 is 0 Å². The number of nitrogens with one attached hydrogen (secondary N) is 2. The predicted molar refractivity (Wildman–Crippen MR) is 72.6 cm³/mol. The second kappa shape index (κ2) is 7.74. The standard InChI is InChI=1S/C14H21FN2O2/c1-4-8-17-9-11-6-5-7-12(15)13(11)19-10(2)14(18)16-3/h5-7,10,17H,4,8-9H2,1-3H3,(H,16,18). The van der Waals surface area contributed by atoms with E-state index in [-0.39, 0.29) is 11.7 Å². The molecule has 19 heavy (non-hydrogen) atoms. The summed E-state index contributed by atoms with van der Waals surface area (Å²) in [6, 6.07) is 4.75. The summed E-state index contributed by atoms with van der Waals surface area (Å²) in [6.45, 7) is 5.01. The molecule has 0 aromatic heterocycles. The molecule has 1 amide bonds. The van der Waals surface area contributed by atoms with E-state index in [1.165, 1.54) is 13.1 Å². The molecule has 0 radical (unpaired) electrons. The van der Waals surface area contributed by atoms with Gasteiger partial charge in [0.15, 0.2) is 17.7 Å². The van der Waals surface area contributed by atoms with E-state index < -0.39 is 11.9 Å². The minimum Gasteiger partial charge on any atom is -0.477 e. The van der Waals surface area contributed by atoms with Crippen LogP contribution in [0.5, 0.6) is 5.75 Å². The number of carbonyl (C=O) groups is 1. The summed E-state index contributed by atoms with van der Waals surface area (Å²) in [5, 5.41) is 5.66. The fourth-order valence-electron chi connectivity index (χ4n) is 1.66. The normalized spacial score (nSPS) is 12.0. The number of hydrogen-bond donors (Lipinski definition) is 2. The first-order valence-corrected chi connectivity index (χ1v) is 6.46. The van der Waals surface area contributed by atoms with Crippen LogP contribution in [0.2, 0.25) is 0 Å². The third kappa shape index (κ3) is 4.52. The molecule has 4 nitrogen and oxygen atoms in total. The van der Waals surface area contributed by atoms with Crippen LogP contribution in [0.25, 0.3) is 0 Å². The molecule has 1 aromatic rings. The van der Waals surface area contributed by atoms with Crippen LogP contribution in [-0.2, 0) is 11.3 Å². The first-order chi connectivity index (χ1) is 9.10. The predicted octanol–water partition coefficient (Wildman–Crippen LogP) is 1.84. The Morgan fingerprint density at radius 3 is 2.84 bits per heavy atom. The van der Waals surface area contributed by atoms with Crippen molar-refractivity contribution in [1.29, 1.82) is 0 Å². The van der Waals surface area contributed by atoms with Crippen molar-refractivity contribution in [2.45, 2.75) is 32.9 Å². The van der Waals surface area contributed by atoms with Crippen molar-refractivity contribution in [2.75, 3.05) is 13.6 Å². The molecule has 1 rings (SSSR count). The Morgan fingerprint density at radius 1 is 1.47 bits per heavy atom. The maximum atomic E-state index is 13.8. The molecule has 5 heteroatoms. The largest absolute Gasteiger partial charge is 0.477 e. The zero-order valence-corrected chi connectivity index (χ0v) is 11.6. The second-order valence-electron chi connectivity index (χ2n) is 4.28. The lowest BCUT2D eigenvalue weighted by Crippen LogP contribution is -2.34. The van der Waals surface area contributed by atoms with Crippen molar-refractivity contribution in [3.05, 3.63) is 29.6 Å². The second-order valence-corrected chi connectivity index (χ2v) is 4.28. The van der Waals surface area contributed by atoms with Gasteiger partial charge in [0, 0.05) is 19.2 Å². The van der Waals surface area contributed by atoms with Gasteiger partial charge in [-0.25, -0.2) is 4.39 Å². The van der Waals surface area contributed by atoms with E-state index in [1.54, 1.807) is 19.1 Å². The lowest BCUT2D eigenvalue weighted by atomic mass is 10.2. The van der Waals surface area contributed by atoms with Crippen LogP contribution in [0.15, 0.2) is 18.2 Å². The minimum absolute atomic E-state index is 0.141. The topological polar surface area (TPSA) is 50.4 Å². The lowest BCUT2D eigenvalue weighted by molar-refractivity contribution is -0.126. The number of carbonyl (C=O) groups excluding carboxylic acids is 1. The van der Waals surface area contributed by atoms with Gasteiger partial charge in [0.1, 0.15) is 0 Å². The van der Waals surface area contributed by atoms with Gasteiger partial charge in [-0.15, -0.1) is 0 Å². The van der Waals surface area contributed by atoms with Gasteiger partial charge in [-0.05, 0) is 26.0 Å². The molecule has 1 unspecified atom stereocenters. The van der Waals surface area contributed by atoms with Crippen LogP contribution >= 0.6 is 0 Å². The Bertz CT molecular complexity index is 424. The summed E-state index contributed by atoms with van der Waals surface area (Å²) in [5.74, 6) is -0.593. The highest BCUT2D eigenvalue weighted by molar-refractivity contribution is 5.80. The smallest absolute Gasteiger partial charge is 0.260 e. The quantitative estimate of drug-likeness (QED) is 0.742. The molecule has 0 aliphatic carbocycles. The summed E-state index contributed by atoms with van der Waals surface area (Å²) in [5.41, 5.74) is 0.712. The van der Waals surface area contributed by atoms with E-state index in [2.05, 4.69) is 17.6 Å². The maximum absolute atomic E-state index is 13.8. The first-order valence-electron chi connectivity index (χ1n) is 6.46. The molecular weight excluding hydrogens is 247 g/mol. The highest BCUT2D eigenvalue weighted by Crippen LogP contribution is 2.23. The van der Waals surface area contributed by atoms with Gasteiger partial charge in [0.05, 0.1) is 0 Å². The van der Waals surface area contributed by atoms with E-state index in [0.717, 1.165) is 13.0 Å². The van der Waals surface area contributed by atoms with E-state index in [9.17, 15) is 9.18 Å². The molecular formula is C14H21FN2O2. The van der Waals surface area contributed by atoms with Crippen molar-refractivity contribution in [3.8, 4) is 5.75 Å². The number of benzene rings is 1. The summed E-state index contributed by atoms with van der Waals surface area (Å²) in [6.07, 6.45) is 0.270. The monoisotopic (exact) mass is 268 g/mol. The molecule has 0 heterocycles. The third-order valence-corrected chi connectivity index (χ3v) is 2.70. The summed E-state index contributed by atoms with van der Waals surface area (Å²) in [7, 11) is 1.52. The molecule has 0 spiro atoms. The molecule has 0 aliphatic heterocycles. The van der Waals surface area contributed by atoms with Gasteiger partial charge < -0.3 is 15.4 Å². The first kappa shape index (κ1) is 15.4. The molecule has 106 valence electrons. The van der Waals surface area contributed by atoms with Crippen LogP contribution in [-0.4, -0.2) is 25.6 Å². The van der Waals surface area contributed by atoms with Crippen molar-refractivity contribution in [2.24, 2.45) is 0 Å².